The molecule has 0 saturated carbocycles. The molecule has 3 N–H and O–H groups in total. The first-order valence-electron chi connectivity index (χ1n) is 29.2. The lowest BCUT2D eigenvalue weighted by molar-refractivity contribution is -0.161. The molecule has 0 radical (unpaired) electrons. The molecule has 10 heteroatoms. The third-order valence-corrected chi connectivity index (χ3v) is 14.1. The van der Waals surface area contributed by atoms with Gasteiger partial charge in [0.2, 0.25) is 0 Å². The molecular weight excluding hydrogens is 858 g/mol. The summed E-state index contributed by atoms with van der Waals surface area (Å²) in [5.74, 6) is -0.821. The van der Waals surface area contributed by atoms with Crippen molar-refractivity contribution in [3.05, 3.63) is 12.2 Å². The van der Waals surface area contributed by atoms with Crippen LogP contribution in [0, 0.1) is 0 Å². The fourth-order valence-corrected chi connectivity index (χ4v) is 9.58. The van der Waals surface area contributed by atoms with Gasteiger partial charge in [-0.2, -0.15) is 0 Å². The predicted molar refractivity (Wildman–Crippen MR) is 284 cm³/mol. The van der Waals surface area contributed by atoms with Gasteiger partial charge in [0.1, 0.15) is 6.61 Å². The molecule has 0 aliphatic heterocycles. The fourth-order valence-electron chi connectivity index (χ4n) is 8.81. The third-order valence-electron chi connectivity index (χ3n) is 13.2. The molecule has 67 heavy (non-hydrogen) atoms. The highest BCUT2D eigenvalue weighted by molar-refractivity contribution is 7.47. The highest BCUT2D eigenvalue weighted by atomic mass is 31.2. The normalized spacial score (nSPS) is 13.1. The van der Waals surface area contributed by atoms with E-state index in [-0.39, 0.29) is 38.6 Å². The van der Waals surface area contributed by atoms with Crippen molar-refractivity contribution in [1.82, 2.24) is 0 Å². The van der Waals surface area contributed by atoms with Crippen molar-refractivity contribution in [2.24, 2.45) is 5.73 Å². The maximum absolute atomic E-state index is 12.6. The number of phosphoric acid groups is 1. The van der Waals surface area contributed by atoms with Gasteiger partial charge in [-0.05, 0) is 38.5 Å². The lowest BCUT2D eigenvalue weighted by Crippen LogP contribution is -2.29. The Balaban J connectivity index is 3.79. The van der Waals surface area contributed by atoms with Gasteiger partial charge in [0.25, 0.3) is 0 Å². The first-order chi connectivity index (χ1) is 32.8. The molecule has 0 rings (SSSR count). The monoisotopic (exact) mass is 970 g/mol. The summed E-state index contributed by atoms with van der Waals surface area (Å²) in [4.78, 5) is 35.1. The number of phosphoric ester groups is 1. The number of unbranched alkanes of at least 4 members (excludes halogenated alkanes) is 41. The summed E-state index contributed by atoms with van der Waals surface area (Å²) in [6, 6.07) is 0. The fraction of sp³-hybridized carbons (Fsp3) is 0.930. The van der Waals surface area contributed by atoms with Crippen LogP contribution in [0.4, 0.5) is 0 Å². The van der Waals surface area contributed by atoms with Crippen LogP contribution in [0.15, 0.2) is 12.2 Å². The lowest BCUT2D eigenvalue weighted by Gasteiger charge is -2.19. The van der Waals surface area contributed by atoms with Gasteiger partial charge in [-0.1, -0.05) is 270 Å². The Hall–Kier alpha value is -1.25. The van der Waals surface area contributed by atoms with E-state index in [2.05, 4.69) is 26.0 Å². The number of hydrogen-bond donors (Lipinski definition) is 2. The molecule has 0 saturated heterocycles. The number of allylic oxidation sites excluding steroid dienone is 2. The molecule has 0 aromatic rings. The topological polar surface area (TPSA) is 134 Å². The van der Waals surface area contributed by atoms with Gasteiger partial charge < -0.3 is 20.1 Å². The van der Waals surface area contributed by atoms with Crippen molar-refractivity contribution in [3.63, 3.8) is 0 Å². The van der Waals surface area contributed by atoms with Crippen LogP contribution in [0.5, 0.6) is 0 Å². The van der Waals surface area contributed by atoms with Crippen molar-refractivity contribution in [3.8, 4) is 0 Å². The van der Waals surface area contributed by atoms with E-state index < -0.39 is 26.5 Å². The predicted octanol–water partition coefficient (Wildman–Crippen LogP) is 18.1. The van der Waals surface area contributed by atoms with Crippen LogP contribution in [0.1, 0.15) is 309 Å². The van der Waals surface area contributed by atoms with E-state index in [1.54, 1.807) is 0 Å². The summed E-state index contributed by atoms with van der Waals surface area (Å²) >= 11 is 0. The van der Waals surface area contributed by atoms with Gasteiger partial charge in [-0.15, -0.1) is 0 Å². The van der Waals surface area contributed by atoms with Crippen LogP contribution < -0.4 is 5.73 Å². The van der Waals surface area contributed by atoms with Crippen LogP contribution in [0.2, 0.25) is 0 Å². The van der Waals surface area contributed by atoms with Crippen LogP contribution in [0.25, 0.3) is 0 Å². The zero-order chi connectivity index (χ0) is 48.8. The third kappa shape index (κ3) is 53.9. The highest BCUT2D eigenvalue weighted by Gasteiger charge is 2.26. The summed E-state index contributed by atoms with van der Waals surface area (Å²) in [6.07, 6.45) is 61.5. The number of rotatable bonds is 56. The molecule has 2 unspecified atom stereocenters. The first-order valence-corrected chi connectivity index (χ1v) is 30.7. The average molecular weight is 970 g/mol. The molecule has 0 fully saturated rings. The molecule has 0 amide bonds. The van der Waals surface area contributed by atoms with Crippen molar-refractivity contribution in [1.29, 1.82) is 0 Å². The Kier molecular flexibility index (Phi) is 53.1. The zero-order valence-corrected chi connectivity index (χ0v) is 45.3. The number of carbonyl (C=O) groups excluding carboxylic acids is 2. The second-order valence-electron chi connectivity index (χ2n) is 19.9. The summed E-state index contributed by atoms with van der Waals surface area (Å²) in [7, 11) is -4.38. The molecular formula is C57H112NO8P. The van der Waals surface area contributed by atoms with Gasteiger partial charge in [-0.25, -0.2) is 4.57 Å². The van der Waals surface area contributed by atoms with Gasteiger partial charge >= 0.3 is 19.8 Å². The molecule has 0 aliphatic rings. The molecule has 398 valence electrons. The average Bonchev–Trinajstić information content (AvgIpc) is 3.32. The molecule has 0 spiro atoms. The maximum atomic E-state index is 12.6. The minimum atomic E-state index is -4.38. The van der Waals surface area contributed by atoms with E-state index in [1.165, 1.54) is 225 Å². The second kappa shape index (κ2) is 54.1. The summed E-state index contributed by atoms with van der Waals surface area (Å²) in [5, 5.41) is 0. The molecule has 9 nitrogen and oxygen atoms in total. The molecule has 0 bridgehead atoms. The highest BCUT2D eigenvalue weighted by Crippen LogP contribution is 2.43. The number of hydrogen-bond acceptors (Lipinski definition) is 8. The van der Waals surface area contributed by atoms with E-state index in [0.717, 1.165) is 51.4 Å². The van der Waals surface area contributed by atoms with Crippen LogP contribution in [0.3, 0.4) is 0 Å². The first kappa shape index (κ1) is 65.8. The Morgan fingerprint density at radius 1 is 0.433 bits per heavy atom. The smallest absolute Gasteiger partial charge is 0.462 e. The Labute approximate surface area is 415 Å². The van der Waals surface area contributed by atoms with Crippen molar-refractivity contribution < 1.29 is 37.6 Å². The maximum Gasteiger partial charge on any atom is 0.472 e. The van der Waals surface area contributed by atoms with Crippen molar-refractivity contribution >= 4 is 19.8 Å². The number of esters is 2. The zero-order valence-electron chi connectivity index (χ0n) is 44.4. The Morgan fingerprint density at radius 3 is 1.06 bits per heavy atom. The van der Waals surface area contributed by atoms with Gasteiger partial charge in [0.05, 0.1) is 13.2 Å². The number of carbonyl (C=O) groups is 2. The van der Waals surface area contributed by atoms with E-state index in [4.69, 9.17) is 24.3 Å². The minimum absolute atomic E-state index is 0.0551. The van der Waals surface area contributed by atoms with E-state index in [1.807, 2.05) is 0 Å². The second-order valence-corrected chi connectivity index (χ2v) is 21.3. The quantitative estimate of drug-likeness (QED) is 0.0264. The molecule has 0 aliphatic carbocycles. The number of nitrogens with two attached hydrogens (primary N) is 1. The van der Waals surface area contributed by atoms with Crippen molar-refractivity contribution in [2.75, 3.05) is 26.4 Å². The largest absolute Gasteiger partial charge is 0.472 e. The molecule has 0 aromatic carbocycles. The van der Waals surface area contributed by atoms with E-state index in [0.29, 0.717) is 6.42 Å². The van der Waals surface area contributed by atoms with Crippen LogP contribution >= 0.6 is 7.82 Å². The SMILES string of the molecule is CCCCCCC/C=C\CCCCCCCC(=O)OC(COC(=O)CCCCCCCCCCCCCCCCCCCCCCCCCCCCCCCCCC)COP(=O)(O)OCCN. The molecule has 0 aromatic heterocycles. The van der Waals surface area contributed by atoms with Crippen LogP contribution in [-0.2, 0) is 32.7 Å². The molecule has 2 atom stereocenters. The van der Waals surface area contributed by atoms with Gasteiger partial charge in [0, 0.05) is 19.4 Å². The Morgan fingerprint density at radius 2 is 0.731 bits per heavy atom. The van der Waals surface area contributed by atoms with Crippen molar-refractivity contribution in [2.45, 2.75) is 315 Å². The van der Waals surface area contributed by atoms with Gasteiger partial charge in [-0.3, -0.25) is 18.6 Å². The van der Waals surface area contributed by atoms with E-state index >= 15 is 0 Å². The summed E-state index contributed by atoms with van der Waals surface area (Å²) in [6.45, 7) is 3.77. The minimum Gasteiger partial charge on any atom is -0.462 e. The van der Waals surface area contributed by atoms with Crippen LogP contribution in [-0.4, -0.2) is 49.3 Å². The lowest BCUT2D eigenvalue weighted by atomic mass is 10.0. The standard InChI is InChI=1S/C57H112NO8P/c1-3-5-7-9-11-13-15-17-19-20-21-22-23-24-25-26-27-28-29-30-31-32-33-34-35-36-38-39-41-43-45-47-49-56(59)63-53-55(54-65-67(61,62)64-52-51-58)66-57(60)50-48-46-44-42-40-37-18-16-14-12-10-8-6-4-2/h16,18,55H,3-15,17,19-54,58H2,1-2H3,(H,61,62)/b18-16-. The van der Waals surface area contributed by atoms with E-state index in [9.17, 15) is 19.0 Å². The van der Waals surface area contributed by atoms with Gasteiger partial charge in [0.15, 0.2) is 6.10 Å². The molecule has 0 heterocycles. The summed E-state index contributed by atoms with van der Waals surface area (Å²) in [5.41, 5.74) is 5.37. The number of ether oxygens (including phenoxy) is 2. The Bertz CT molecular complexity index is 1110. The summed E-state index contributed by atoms with van der Waals surface area (Å²) < 4.78 is 32.9.